The summed E-state index contributed by atoms with van der Waals surface area (Å²) in [6.45, 7) is 5.99. The summed E-state index contributed by atoms with van der Waals surface area (Å²) in [7, 11) is 0. The minimum Gasteiger partial charge on any atom is -0.465 e. The van der Waals surface area contributed by atoms with Crippen LogP contribution in [0.25, 0.3) is 0 Å². The zero-order valence-corrected chi connectivity index (χ0v) is 8.87. The monoisotopic (exact) mass is 189 g/mol. The van der Waals surface area contributed by atoms with Gasteiger partial charge in [-0.1, -0.05) is 32.4 Å². The molecule has 0 aromatic rings. The predicted molar refractivity (Wildman–Crippen MR) is 52.2 cm³/mol. The zero-order chi connectivity index (χ0) is 9.61. The molecular weight excluding hydrogens is 172 g/mol. The molecule has 1 radical (unpaired) electrons. The van der Waals surface area contributed by atoms with E-state index in [-0.39, 0.29) is 5.97 Å². The van der Waals surface area contributed by atoms with Crippen LogP contribution in [0.4, 0.5) is 0 Å². The lowest BCUT2D eigenvalue weighted by Crippen LogP contribution is -2.27. The van der Waals surface area contributed by atoms with Gasteiger partial charge in [0.25, 0.3) is 0 Å². The van der Waals surface area contributed by atoms with Crippen LogP contribution in [0.3, 0.4) is 0 Å². The number of rotatable bonds is 5. The summed E-state index contributed by atoms with van der Waals surface area (Å²) in [6.07, 6.45) is 3.17. The molecule has 0 unspecified atom stereocenters. The smallest absolute Gasteiger partial charge is 0.322 e. The van der Waals surface area contributed by atoms with Crippen LogP contribution < -0.4 is 0 Å². The van der Waals surface area contributed by atoms with Crippen molar-refractivity contribution in [2.45, 2.75) is 44.8 Å². The molecule has 0 rings (SSSR count). The van der Waals surface area contributed by atoms with E-state index in [2.05, 4.69) is 6.92 Å². The first-order chi connectivity index (χ1) is 5.48. The second kappa shape index (κ2) is 5.46. The average Bonchev–Trinajstić information content (AvgIpc) is 1.96. The minimum absolute atomic E-state index is 0.284. The maximum atomic E-state index is 11.1. The third-order valence-electron chi connectivity index (χ3n) is 1.47. The van der Waals surface area contributed by atoms with Gasteiger partial charge in [0.05, 0.1) is 6.61 Å². The second-order valence-electron chi connectivity index (χ2n) is 3.35. The van der Waals surface area contributed by atoms with Crippen LogP contribution in [-0.4, -0.2) is 17.3 Å². The van der Waals surface area contributed by atoms with Crippen LogP contribution in [0.2, 0.25) is 0 Å². The Morgan fingerprint density at radius 1 is 1.42 bits per heavy atom. The second-order valence-corrected chi connectivity index (χ2v) is 4.37. The van der Waals surface area contributed by atoms with Gasteiger partial charge in [0.2, 0.25) is 0 Å². The van der Waals surface area contributed by atoms with E-state index in [9.17, 15) is 4.79 Å². The number of ether oxygens (including phenoxy) is 1. The van der Waals surface area contributed by atoms with E-state index < -0.39 is 4.75 Å². The van der Waals surface area contributed by atoms with Gasteiger partial charge < -0.3 is 4.74 Å². The molecule has 0 heterocycles. The Kier molecular flexibility index (Phi) is 5.38. The van der Waals surface area contributed by atoms with E-state index in [0.717, 1.165) is 19.3 Å². The lowest BCUT2D eigenvalue weighted by atomic mass is 10.2. The summed E-state index contributed by atoms with van der Waals surface area (Å²) in [5.41, 5.74) is 0. The van der Waals surface area contributed by atoms with Crippen molar-refractivity contribution in [2.24, 2.45) is 0 Å². The molecule has 0 saturated heterocycles. The molecule has 0 aliphatic heterocycles. The maximum absolute atomic E-state index is 11.1. The largest absolute Gasteiger partial charge is 0.465 e. The standard InChI is InChI=1S/C9H17O2S/c1-4-5-6-7-11-8(10)9(2,3)12/h4-7H2,1-3H3. The predicted octanol–water partition coefficient (Wildman–Crippen LogP) is 2.70. The number of esters is 1. The molecule has 3 heteroatoms. The summed E-state index contributed by atoms with van der Waals surface area (Å²) >= 11 is 4.91. The minimum atomic E-state index is -0.772. The van der Waals surface area contributed by atoms with Gasteiger partial charge in [0.15, 0.2) is 0 Å². The van der Waals surface area contributed by atoms with Gasteiger partial charge >= 0.3 is 5.97 Å². The van der Waals surface area contributed by atoms with Crippen molar-refractivity contribution >= 4 is 18.6 Å². The number of carbonyl (C=O) groups excluding carboxylic acids is 1. The van der Waals surface area contributed by atoms with Crippen molar-refractivity contribution in [3.8, 4) is 0 Å². The first kappa shape index (κ1) is 11.8. The molecule has 0 aliphatic rings. The zero-order valence-electron chi connectivity index (χ0n) is 8.05. The summed E-state index contributed by atoms with van der Waals surface area (Å²) in [5.74, 6) is -0.284. The SMILES string of the molecule is CCCCCOC(=O)C(C)(C)[S]. The maximum Gasteiger partial charge on any atom is 0.322 e. The highest BCUT2D eigenvalue weighted by Crippen LogP contribution is 2.13. The number of carbonyl (C=O) groups is 1. The van der Waals surface area contributed by atoms with Gasteiger partial charge in [-0.3, -0.25) is 4.79 Å². The molecule has 0 atom stereocenters. The van der Waals surface area contributed by atoms with Crippen molar-refractivity contribution in [3.63, 3.8) is 0 Å². The van der Waals surface area contributed by atoms with E-state index in [4.69, 9.17) is 17.4 Å². The molecular formula is C9H17O2S. The van der Waals surface area contributed by atoms with Crippen molar-refractivity contribution in [1.29, 1.82) is 0 Å². The van der Waals surface area contributed by atoms with Crippen LogP contribution in [0, 0.1) is 0 Å². The molecule has 0 fully saturated rings. The highest BCUT2D eigenvalue weighted by atomic mass is 32.1. The fourth-order valence-electron chi connectivity index (χ4n) is 0.691. The first-order valence-electron chi connectivity index (χ1n) is 4.36. The molecule has 0 aromatic carbocycles. The lowest BCUT2D eigenvalue weighted by Gasteiger charge is -2.14. The topological polar surface area (TPSA) is 26.3 Å². The fourth-order valence-corrected chi connectivity index (χ4v) is 0.750. The van der Waals surface area contributed by atoms with E-state index in [1.165, 1.54) is 0 Å². The third kappa shape index (κ3) is 5.47. The molecule has 0 aromatic heterocycles. The Balaban J connectivity index is 3.45. The van der Waals surface area contributed by atoms with Gasteiger partial charge in [0, 0.05) is 0 Å². The molecule has 0 spiro atoms. The average molecular weight is 189 g/mol. The number of hydrogen-bond donors (Lipinski definition) is 0. The quantitative estimate of drug-likeness (QED) is 0.491. The van der Waals surface area contributed by atoms with Crippen molar-refractivity contribution in [1.82, 2.24) is 0 Å². The lowest BCUT2D eigenvalue weighted by molar-refractivity contribution is -0.145. The Morgan fingerprint density at radius 3 is 2.42 bits per heavy atom. The normalized spacial score (nSPS) is 11.3. The Morgan fingerprint density at radius 2 is 2.00 bits per heavy atom. The molecule has 0 N–H and O–H groups in total. The van der Waals surface area contributed by atoms with E-state index in [1.807, 2.05) is 0 Å². The third-order valence-corrected chi connectivity index (χ3v) is 1.64. The van der Waals surface area contributed by atoms with Gasteiger partial charge in [-0.15, -0.1) is 0 Å². The van der Waals surface area contributed by atoms with Gasteiger partial charge in [-0.2, -0.15) is 0 Å². The van der Waals surface area contributed by atoms with Crippen LogP contribution in [0.5, 0.6) is 0 Å². The fraction of sp³-hybridized carbons (Fsp3) is 0.889. The number of unbranched alkanes of at least 4 members (excludes halogenated alkanes) is 2. The molecule has 12 heavy (non-hydrogen) atoms. The Hall–Kier alpha value is -0.180. The van der Waals surface area contributed by atoms with Crippen LogP contribution in [0.15, 0.2) is 0 Å². The summed E-state index contributed by atoms with van der Waals surface area (Å²) in [5, 5.41) is 0. The van der Waals surface area contributed by atoms with E-state index in [0.29, 0.717) is 6.61 Å². The first-order valence-corrected chi connectivity index (χ1v) is 4.77. The molecule has 0 amide bonds. The molecule has 0 saturated carbocycles. The highest BCUT2D eigenvalue weighted by molar-refractivity contribution is 7.82. The molecule has 0 aliphatic carbocycles. The molecule has 2 nitrogen and oxygen atoms in total. The summed E-state index contributed by atoms with van der Waals surface area (Å²) < 4.78 is 4.19. The van der Waals surface area contributed by atoms with Gasteiger partial charge in [-0.05, 0) is 20.3 Å². The van der Waals surface area contributed by atoms with Crippen molar-refractivity contribution < 1.29 is 9.53 Å². The Labute approximate surface area is 80.1 Å². The van der Waals surface area contributed by atoms with Crippen LogP contribution in [-0.2, 0) is 9.53 Å². The highest BCUT2D eigenvalue weighted by Gasteiger charge is 2.24. The van der Waals surface area contributed by atoms with Crippen LogP contribution in [0.1, 0.15) is 40.0 Å². The Bertz CT molecular complexity index is 138. The van der Waals surface area contributed by atoms with Crippen molar-refractivity contribution in [2.75, 3.05) is 6.61 Å². The van der Waals surface area contributed by atoms with Gasteiger partial charge in [-0.25, -0.2) is 0 Å². The molecule has 71 valence electrons. The van der Waals surface area contributed by atoms with E-state index >= 15 is 0 Å². The summed E-state index contributed by atoms with van der Waals surface area (Å²) in [6, 6.07) is 0. The number of hydrogen-bond acceptors (Lipinski definition) is 2. The van der Waals surface area contributed by atoms with Crippen molar-refractivity contribution in [3.05, 3.63) is 0 Å². The van der Waals surface area contributed by atoms with E-state index in [1.54, 1.807) is 13.8 Å². The van der Waals surface area contributed by atoms with Gasteiger partial charge in [0.1, 0.15) is 4.75 Å². The van der Waals surface area contributed by atoms with Crippen LogP contribution >= 0.6 is 12.6 Å². The summed E-state index contributed by atoms with van der Waals surface area (Å²) in [4.78, 5) is 11.1. The molecule has 0 bridgehead atoms.